The van der Waals surface area contributed by atoms with Crippen LogP contribution in [0.1, 0.15) is 29.9 Å². The monoisotopic (exact) mass is 325 g/mol. The number of nitrogens with zero attached hydrogens (tertiary/aromatic N) is 3. The van der Waals surface area contributed by atoms with Crippen LogP contribution in [0.2, 0.25) is 0 Å². The van der Waals surface area contributed by atoms with Gasteiger partial charge in [-0.3, -0.25) is 9.58 Å². The summed E-state index contributed by atoms with van der Waals surface area (Å²) in [4.78, 5) is 2.21. The van der Waals surface area contributed by atoms with Gasteiger partial charge in [0.25, 0.3) is 0 Å². The second kappa shape index (κ2) is 7.95. The van der Waals surface area contributed by atoms with Crippen LogP contribution < -0.4 is 0 Å². The normalized spacial score (nSPS) is 12.6. The van der Waals surface area contributed by atoms with Crippen LogP contribution in [0, 0.1) is 0 Å². The van der Waals surface area contributed by atoms with Crippen molar-refractivity contribution >= 4 is 0 Å². The topological polar surface area (TPSA) is 54.4 Å². The molecule has 0 aliphatic heterocycles. The molecule has 3 aromatic rings. The molecule has 0 aliphatic carbocycles. The zero-order valence-corrected chi connectivity index (χ0v) is 13.9. The lowest BCUT2D eigenvalue weighted by atomic mass is 10.1. The first-order valence-electron chi connectivity index (χ1n) is 8.23. The summed E-state index contributed by atoms with van der Waals surface area (Å²) in [5.41, 5.74) is 2.35. The van der Waals surface area contributed by atoms with E-state index in [1.807, 2.05) is 29.1 Å². The summed E-state index contributed by atoms with van der Waals surface area (Å²) < 4.78 is 7.24. The third kappa shape index (κ3) is 4.34. The van der Waals surface area contributed by atoms with Gasteiger partial charge in [0.2, 0.25) is 0 Å². The van der Waals surface area contributed by atoms with Gasteiger partial charge in [0.1, 0.15) is 11.9 Å². The molecular formula is C19H23N3O2. The third-order valence-electron chi connectivity index (χ3n) is 3.97. The molecule has 0 aliphatic rings. The van der Waals surface area contributed by atoms with Crippen molar-refractivity contribution in [3.05, 3.63) is 78.0 Å². The molecule has 24 heavy (non-hydrogen) atoms. The molecule has 1 unspecified atom stereocenters. The Morgan fingerprint density at radius 2 is 1.92 bits per heavy atom. The highest BCUT2D eigenvalue weighted by molar-refractivity contribution is 5.15. The summed E-state index contributed by atoms with van der Waals surface area (Å²) in [7, 11) is 0. The maximum absolute atomic E-state index is 10.4. The summed E-state index contributed by atoms with van der Waals surface area (Å²) in [5.74, 6) is 0.595. The van der Waals surface area contributed by atoms with Crippen LogP contribution in [0.15, 0.2) is 65.5 Å². The lowest BCUT2D eigenvalue weighted by Gasteiger charge is -2.24. The molecule has 5 heteroatoms. The average Bonchev–Trinajstić information content (AvgIpc) is 3.27. The number of benzene rings is 1. The molecule has 3 rings (SSSR count). The smallest absolute Gasteiger partial charge is 0.133 e. The predicted molar refractivity (Wildman–Crippen MR) is 92.1 cm³/mol. The molecule has 0 saturated heterocycles. The van der Waals surface area contributed by atoms with Gasteiger partial charge >= 0.3 is 0 Å². The maximum Gasteiger partial charge on any atom is 0.133 e. The molecule has 0 saturated carbocycles. The fourth-order valence-electron chi connectivity index (χ4n) is 2.76. The summed E-state index contributed by atoms with van der Waals surface area (Å²) in [6.07, 6.45) is 4.88. The van der Waals surface area contributed by atoms with Crippen LogP contribution in [0.5, 0.6) is 0 Å². The van der Waals surface area contributed by atoms with Crippen molar-refractivity contribution in [1.29, 1.82) is 0 Å². The van der Waals surface area contributed by atoms with Crippen molar-refractivity contribution in [2.45, 2.75) is 32.7 Å². The van der Waals surface area contributed by atoms with Gasteiger partial charge in [0.15, 0.2) is 0 Å². The molecular weight excluding hydrogens is 302 g/mol. The zero-order valence-electron chi connectivity index (χ0n) is 13.9. The number of rotatable bonds is 8. The molecule has 1 N–H and O–H groups in total. The lowest BCUT2D eigenvalue weighted by molar-refractivity contribution is 0.0873. The fraction of sp³-hybridized carbons (Fsp3) is 0.316. The van der Waals surface area contributed by atoms with Crippen LogP contribution in [-0.4, -0.2) is 26.3 Å². The summed E-state index contributed by atoms with van der Waals surface area (Å²) in [6, 6.07) is 13.9. The number of furan rings is 1. The molecule has 2 aromatic heterocycles. The third-order valence-corrected chi connectivity index (χ3v) is 3.97. The minimum absolute atomic E-state index is 0.500. The second-order valence-corrected chi connectivity index (χ2v) is 5.89. The minimum atomic E-state index is -0.648. The fourth-order valence-corrected chi connectivity index (χ4v) is 2.76. The Kier molecular flexibility index (Phi) is 5.46. The SMILES string of the molecule is CCn1cc(CN(Cc2ccccc2)CC(O)c2ccco2)cn1. The van der Waals surface area contributed by atoms with Crippen molar-refractivity contribution in [1.82, 2.24) is 14.7 Å². The second-order valence-electron chi connectivity index (χ2n) is 5.89. The Bertz CT molecular complexity index is 722. The van der Waals surface area contributed by atoms with Gasteiger partial charge in [-0.15, -0.1) is 0 Å². The van der Waals surface area contributed by atoms with E-state index in [2.05, 4.69) is 35.3 Å². The standard InChI is InChI=1S/C19H23N3O2/c1-2-22-14-17(11-20-22)13-21(12-16-7-4-3-5-8-16)15-18(23)19-9-6-10-24-19/h3-11,14,18,23H,2,12-13,15H2,1H3. The van der Waals surface area contributed by atoms with Crippen molar-refractivity contribution in [3.63, 3.8) is 0 Å². The van der Waals surface area contributed by atoms with Gasteiger partial charge in [-0.1, -0.05) is 30.3 Å². The molecule has 126 valence electrons. The molecule has 0 bridgehead atoms. The van der Waals surface area contributed by atoms with Gasteiger partial charge in [-0.25, -0.2) is 0 Å². The Labute approximate surface area is 142 Å². The van der Waals surface area contributed by atoms with Crippen LogP contribution >= 0.6 is 0 Å². The Balaban J connectivity index is 1.72. The van der Waals surface area contributed by atoms with Crippen LogP contribution in [-0.2, 0) is 19.6 Å². The molecule has 0 fully saturated rings. The van der Waals surface area contributed by atoms with Crippen LogP contribution in [0.3, 0.4) is 0 Å². The first-order valence-corrected chi connectivity index (χ1v) is 8.23. The molecule has 2 heterocycles. The molecule has 0 radical (unpaired) electrons. The number of aliphatic hydroxyl groups is 1. The molecule has 0 amide bonds. The zero-order chi connectivity index (χ0) is 16.8. The van der Waals surface area contributed by atoms with Crippen molar-refractivity contribution in [3.8, 4) is 0 Å². The van der Waals surface area contributed by atoms with Crippen LogP contribution in [0.4, 0.5) is 0 Å². The number of aryl methyl sites for hydroxylation is 1. The first-order chi connectivity index (χ1) is 11.7. The minimum Gasteiger partial charge on any atom is -0.467 e. The molecule has 5 nitrogen and oxygen atoms in total. The predicted octanol–water partition coefficient (Wildman–Crippen LogP) is 3.23. The van der Waals surface area contributed by atoms with E-state index in [4.69, 9.17) is 4.42 Å². The van der Waals surface area contributed by atoms with Gasteiger partial charge < -0.3 is 9.52 Å². The van der Waals surface area contributed by atoms with E-state index >= 15 is 0 Å². The quantitative estimate of drug-likeness (QED) is 0.691. The van der Waals surface area contributed by atoms with E-state index in [9.17, 15) is 5.11 Å². The summed E-state index contributed by atoms with van der Waals surface area (Å²) >= 11 is 0. The summed E-state index contributed by atoms with van der Waals surface area (Å²) in [6.45, 7) is 4.91. The highest BCUT2D eigenvalue weighted by Gasteiger charge is 2.17. The van der Waals surface area contributed by atoms with Crippen molar-refractivity contribution < 1.29 is 9.52 Å². The number of aromatic nitrogens is 2. The highest BCUT2D eigenvalue weighted by Crippen LogP contribution is 2.18. The van der Waals surface area contributed by atoms with E-state index in [1.165, 1.54) is 5.56 Å². The van der Waals surface area contributed by atoms with E-state index < -0.39 is 6.10 Å². The lowest BCUT2D eigenvalue weighted by Crippen LogP contribution is -2.27. The van der Waals surface area contributed by atoms with Gasteiger partial charge in [-0.2, -0.15) is 5.10 Å². The van der Waals surface area contributed by atoms with Crippen LogP contribution in [0.25, 0.3) is 0 Å². The Hall–Kier alpha value is -2.37. The molecule has 0 spiro atoms. The maximum atomic E-state index is 10.4. The van der Waals surface area contributed by atoms with Gasteiger partial charge in [-0.05, 0) is 24.6 Å². The molecule has 1 aromatic carbocycles. The van der Waals surface area contributed by atoms with Gasteiger partial charge in [0, 0.05) is 37.9 Å². The van der Waals surface area contributed by atoms with Crippen molar-refractivity contribution in [2.24, 2.45) is 0 Å². The Morgan fingerprint density at radius 1 is 1.12 bits per heavy atom. The van der Waals surface area contributed by atoms with E-state index in [0.717, 1.165) is 25.2 Å². The van der Waals surface area contributed by atoms with E-state index in [1.54, 1.807) is 18.4 Å². The van der Waals surface area contributed by atoms with Gasteiger partial charge in [0.05, 0.1) is 12.5 Å². The number of hydrogen-bond acceptors (Lipinski definition) is 4. The summed E-state index contributed by atoms with van der Waals surface area (Å²) in [5, 5.41) is 14.8. The average molecular weight is 325 g/mol. The van der Waals surface area contributed by atoms with Crippen molar-refractivity contribution in [2.75, 3.05) is 6.54 Å². The molecule has 1 atom stereocenters. The Morgan fingerprint density at radius 3 is 2.58 bits per heavy atom. The highest BCUT2D eigenvalue weighted by atomic mass is 16.4. The first kappa shape index (κ1) is 16.5. The largest absolute Gasteiger partial charge is 0.467 e. The van der Waals surface area contributed by atoms with E-state index in [0.29, 0.717) is 12.3 Å². The number of aliphatic hydroxyl groups excluding tert-OH is 1. The number of hydrogen-bond donors (Lipinski definition) is 1. The van der Waals surface area contributed by atoms with E-state index in [-0.39, 0.29) is 0 Å².